The predicted octanol–water partition coefficient (Wildman–Crippen LogP) is 4.16. The molecule has 0 bridgehead atoms. The molecule has 0 unspecified atom stereocenters. The third kappa shape index (κ3) is 3.67. The van der Waals surface area contributed by atoms with Crippen molar-refractivity contribution >= 4 is 21.7 Å². The van der Waals surface area contributed by atoms with E-state index in [2.05, 4.69) is 22.9 Å². The van der Waals surface area contributed by atoms with Gasteiger partial charge in [0.1, 0.15) is 11.4 Å². The molecule has 1 aromatic rings. The van der Waals surface area contributed by atoms with Crippen LogP contribution in [0.25, 0.3) is 0 Å². The van der Waals surface area contributed by atoms with Gasteiger partial charge in [-0.2, -0.15) is 0 Å². The van der Waals surface area contributed by atoms with Gasteiger partial charge < -0.3 is 9.47 Å². The molecule has 0 atom stereocenters. The second-order valence-corrected chi connectivity index (χ2v) is 6.85. The molecule has 0 aliphatic heterocycles. The SMILES string of the molecule is COc1ccc(Br)cc1CC(=O)C1(OC)CCC(C)CC1. The maximum absolute atomic E-state index is 12.8. The van der Waals surface area contributed by atoms with E-state index < -0.39 is 5.60 Å². The lowest BCUT2D eigenvalue weighted by molar-refractivity contribution is -0.145. The molecule has 1 aromatic carbocycles. The van der Waals surface area contributed by atoms with Gasteiger partial charge in [0.15, 0.2) is 5.78 Å². The molecule has 0 amide bonds. The van der Waals surface area contributed by atoms with Gasteiger partial charge in [-0.3, -0.25) is 4.79 Å². The van der Waals surface area contributed by atoms with Gasteiger partial charge in [0.2, 0.25) is 0 Å². The lowest BCUT2D eigenvalue weighted by Gasteiger charge is -2.37. The lowest BCUT2D eigenvalue weighted by Crippen LogP contribution is -2.44. The van der Waals surface area contributed by atoms with E-state index in [1.807, 2.05) is 18.2 Å². The molecule has 0 radical (unpaired) electrons. The summed E-state index contributed by atoms with van der Waals surface area (Å²) in [5, 5.41) is 0. The van der Waals surface area contributed by atoms with Crippen molar-refractivity contribution in [1.29, 1.82) is 0 Å². The maximum Gasteiger partial charge on any atom is 0.169 e. The number of benzene rings is 1. The van der Waals surface area contributed by atoms with Crippen molar-refractivity contribution < 1.29 is 14.3 Å². The number of halogens is 1. The van der Waals surface area contributed by atoms with E-state index in [1.165, 1.54) is 0 Å². The van der Waals surface area contributed by atoms with Crippen LogP contribution in [0.15, 0.2) is 22.7 Å². The van der Waals surface area contributed by atoms with Crippen LogP contribution in [0, 0.1) is 5.92 Å². The van der Waals surface area contributed by atoms with Crippen molar-refractivity contribution in [3.05, 3.63) is 28.2 Å². The Morgan fingerprint density at radius 1 is 1.33 bits per heavy atom. The number of ether oxygens (including phenoxy) is 2. The molecular weight excluding hydrogens is 332 g/mol. The van der Waals surface area contributed by atoms with Crippen LogP contribution < -0.4 is 4.74 Å². The van der Waals surface area contributed by atoms with Crippen molar-refractivity contribution in [1.82, 2.24) is 0 Å². The molecule has 3 nitrogen and oxygen atoms in total. The van der Waals surface area contributed by atoms with E-state index in [1.54, 1.807) is 14.2 Å². The van der Waals surface area contributed by atoms with Crippen molar-refractivity contribution in [2.24, 2.45) is 5.92 Å². The molecule has 1 aliphatic carbocycles. The van der Waals surface area contributed by atoms with E-state index in [0.717, 1.165) is 41.5 Å². The van der Waals surface area contributed by atoms with Gasteiger partial charge in [-0.05, 0) is 49.8 Å². The Morgan fingerprint density at radius 3 is 2.57 bits per heavy atom. The zero-order chi connectivity index (χ0) is 15.5. The molecule has 0 heterocycles. The van der Waals surface area contributed by atoms with Crippen molar-refractivity contribution in [3.63, 3.8) is 0 Å². The summed E-state index contributed by atoms with van der Waals surface area (Å²) < 4.78 is 12.0. The number of carbonyl (C=O) groups is 1. The molecule has 0 spiro atoms. The van der Waals surface area contributed by atoms with E-state index in [4.69, 9.17) is 9.47 Å². The highest BCUT2D eigenvalue weighted by Crippen LogP contribution is 2.36. The number of hydrogen-bond acceptors (Lipinski definition) is 3. The molecule has 4 heteroatoms. The van der Waals surface area contributed by atoms with Gasteiger partial charge in [0.05, 0.1) is 7.11 Å². The summed E-state index contributed by atoms with van der Waals surface area (Å²) in [6, 6.07) is 5.75. The van der Waals surface area contributed by atoms with Crippen LogP contribution in [0.1, 0.15) is 38.2 Å². The molecule has 0 saturated heterocycles. The zero-order valence-corrected chi connectivity index (χ0v) is 14.5. The third-order valence-electron chi connectivity index (χ3n) is 4.57. The molecule has 0 N–H and O–H groups in total. The number of methoxy groups -OCH3 is 2. The summed E-state index contributed by atoms with van der Waals surface area (Å²) in [6.45, 7) is 2.24. The van der Waals surface area contributed by atoms with E-state index in [-0.39, 0.29) is 5.78 Å². The predicted molar refractivity (Wildman–Crippen MR) is 86.8 cm³/mol. The summed E-state index contributed by atoms with van der Waals surface area (Å²) >= 11 is 3.45. The second-order valence-electron chi connectivity index (χ2n) is 5.94. The minimum atomic E-state index is -0.611. The Kier molecular flexibility index (Phi) is 5.44. The highest BCUT2D eigenvalue weighted by atomic mass is 79.9. The van der Waals surface area contributed by atoms with Crippen LogP contribution in [0.4, 0.5) is 0 Å². The number of hydrogen-bond donors (Lipinski definition) is 0. The summed E-state index contributed by atoms with van der Waals surface area (Å²) in [4.78, 5) is 12.8. The summed E-state index contributed by atoms with van der Waals surface area (Å²) in [5.74, 6) is 1.59. The topological polar surface area (TPSA) is 35.5 Å². The number of carbonyl (C=O) groups excluding carboxylic acids is 1. The second kappa shape index (κ2) is 6.93. The molecule has 2 rings (SSSR count). The first kappa shape index (κ1) is 16.5. The first-order valence-electron chi connectivity index (χ1n) is 7.41. The third-order valence-corrected chi connectivity index (χ3v) is 5.07. The van der Waals surface area contributed by atoms with E-state index in [9.17, 15) is 4.79 Å². The Labute approximate surface area is 135 Å². The summed E-state index contributed by atoms with van der Waals surface area (Å²) in [7, 11) is 3.29. The van der Waals surface area contributed by atoms with Gasteiger partial charge in [-0.15, -0.1) is 0 Å². The monoisotopic (exact) mass is 354 g/mol. The van der Waals surface area contributed by atoms with Crippen LogP contribution >= 0.6 is 15.9 Å². The highest BCUT2D eigenvalue weighted by molar-refractivity contribution is 9.10. The van der Waals surface area contributed by atoms with E-state index >= 15 is 0 Å². The van der Waals surface area contributed by atoms with Gasteiger partial charge >= 0.3 is 0 Å². The van der Waals surface area contributed by atoms with Crippen LogP contribution in [-0.2, 0) is 16.0 Å². The molecular formula is C17H23BrO3. The van der Waals surface area contributed by atoms with Crippen LogP contribution in [0.2, 0.25) is 0 Å². The number of ketones is 1. The Balaban J connectivity index is 2.18. The van der Waals surface area contributed by atoms with Crippen molar-refractivity contribution in [2.75, 3.05) is 14.2 Å². The molecule has 1 aliphatic rings. The highest BCUT2D eigenvalue weighted by Gasteiger charge is 2.40. The largest absolute Gasteiger partial charge is 0.496 e. The number of rotatable bonds is 5. The summed E-state index contributed by atoms with van der Waals surface area (Å²) in [5.41, 5.74) is 0.298. The minimum Gasteiger partial charge on any atom is -0.496 e. The van der Waals surface area contributed by atoms with Crippen LogP contribution in [0.5, 0.6) is 5.75 Å². The normalized spacial score (nSPS) is 25.6. The Morgan fingerprint density at radius 2 is 2.00 bits per heavy atom. The fourth-order valence-corrected chi connectivity index (χ4v) is 3.45. The molecule has 1 fully saturated rings. The average Bonchev–Trinajstić information content (AvgIpc) is 2.48. The molecule has 21 heavy (non-hydrogen) atoms. The van der Waals surface area contributed by atoms with Gasteiger partial charge in [-0.25, -0.2) is 0 Å². The van der Waals surface area contributed by atoms with Gasteiger partial charge in [0, 0.05) is 23.6 Å². The number of Topliss-reactive ketones (excluding diaryl/α,β-unsaturated/α-hetero) is 1. The Hall–Kier alpha value is -0.870. The first-order chi connectivity index (χ1) is 10.0. The van der Waals surface area contributed by atoms with Crippen LogP contribution in [-0.4, -0.2) is 25.6 Å². The van der Waals surface area contributed by atoms with Gasteiger partial charge in [-0.1, -0.05) is 22.9 Å². The fraction of sp³-hybridized carbons (Fsp3) is 0.588. The standard InChI is InChI=1S/C17H23BrO3/c1-12-6-8-17(21-3,9-7-12)16(19)11-13-10-14(18)4-5-15(13)20-2/h4-5,10,12H,6-9,11H2,1-3H3. The summed E-state index contributed by atoms with van der Waals surface area (Å²) in [6.07, 6.45) is 4.09. The van der Waals surface area contributed by atoms with Crippen molar-refractivity contribution in [2.45, 2.75) is 44.6 Å². The maximum atomic E-state index is 12.8. The molecule has 116 valence electrons. The zero-order valence-electron chi connectivity index (χ0n) is 12.9. The van der Waals surface area contributed by atoms with Gasteiger partial charge in [0.25, 0.3) is 0 Å². The smallest absolute Gasteiger partial charge is 0.169 e. The fourth-order valence-electron chi connectivity index (χ4n) is 3.04. The molecule has 0 aromatic heterocycles. The van der Waals surface area contributed by atoms with E-state index in [0.29, 0.717) is 12.3 Å². The van der Waals surface area contributed by atoms with Crippen LogP contribution in [0.3, 0.4) is 0 Å². The van der Waals surface area contributed by atoms with Crippen molar-refractivity contribution in [3.8, 4) is 5.75 Å². The average molecular weight is 355 g/mol. The quantitative estimate of drug-likeness (QED) is 0.796. The molecule has 1 saturated carbocycles. The first-order valence-corrected chi connectivity index (χ1v) is 8.21. The Bertz CT molecular complexity index is 505. The lowest BCUT2D eigenvalue weighted by atomic mass is 9.76. The minimum absolute atomic E-state index is 0.160.